The minimum atomic E-state index is 0.160. The minimum absolute atomic E-state index is 0.160. The van der Waals surface area contributed by atoms with Crippen molar-refractivity contribution in [3.8, 4) is 0 Å². The summed E-state index contributed by atoms with van der Waals surface area (Å²) in [6.07, 6.45) is 3.33. The molecule has 2 rings (SSSR count). The second-order valence-corrected chi connectivity index (χ2v) is 4.50. The van der Waals surface area contributed by atoms with Crippen molar-refractivity contribution in [1.29, 1.82) is 0 Å². The van der Waals surface area contributed by atoms with Gasteiger partial charge >= 0.3 is 0 Å². The lowest BCUT2D eigenvalue weighted by Gasteiger charge is -2.22. The van der Waals surface area contributed by atoms with Crippen LogP contribution in [0.4, 0.5) is 0 Å². The van der Waals surface area contributed by atoms with E-state index in [-0.39, 0.29) is 5.78 Å². The van der Waals surface area contributed by atoms with E-state index in [0.717, 1.165) is 31.6 Å². The molecule has 16 heavy (non-hydrogen) atoms. The number of Topliss-reactive ketones (excluding diaryl/α,β-unsaturated/α-hetero) is 1. The number of ketones is 1. The van der Waals surface area contributed by atoms with Crippen LogP contribution >= 0.6 is 0 Å². The number of hydrogen-bond acceptors (Lipinski definition) is 2. The second kappa shape index (κ2) is 5.26. The summed E-state index contributed by atoms with van der Waals surface area (Å²) in [6.45, 7) is 3.37. The number of carbonyl (C=O) groups excluding carboxylic acids is 1. The Labute approximate surface area is 96.6 Å². The number of carbonyl (C=O) groups is 1. The molecule has 86 valence electrons. The molecule has 1 aliphatic heterocycles. The van der Waals surface area contributed by atoms with Crippen molar-refractivity contribution in [2.24, 2.45) is 5.92 Å². The Kier molecular flexibility index (Phi) is 3.73. The van der Waals surface area contributed by atoms with Gasteiger partial charge in [0.2, 0.25) is 0 Å². The first kappa shape index (κ1) is 11.3. The zero-order valence-corrected chi connectivity index (χ0v) is 9.74. The van der Waals surface area contributed by atoms with Crippen LogP contribution < -0.4 is 0 Å². The summed E-state index contributed by atoms with van der Waals surface area (Å²) in [5.74, 6) is 0.738. The SMILES string of the molecule is CC(=O)c1ccccc1CC1CCCOC1. The van der Waals surface area contributed by atoms with Crippen LogP contribution in [-0.4, -0.2) is 19.0 Å². The number of ether oxygens (including phenoxy) is 1. The summed E-state index contributed by atoms with van der Waals surface area (Å²) >= 11 is 0. The van der Waals surface area contributed by atoms with Crippen molar-refractivity contribution in [3.05, 3.63) is 35.4 Å². The molecule has 0 amide bonds. The van der Waals surface area contributed by atoms with Crippen molar-refractivity contribution >= 4 is 5.78 Å². The van der Waals surface area contributed by atoms with E-state index in [1.165, 1.54) is 12.0 Å². The van der Waals surface area contributed by atoms with Gasteiger partial charge in [-0.25, -0.2) is 0 Å². The van der Waals surface area contributed by atoms with Crippen LogP contribution in [0.2, 0.25) is 0 Å². The van der Waals surface area contributed by atoms with E-state index in [0.29, 0.717) is 5.92 Å². The molecule has 0 radical (unpaired) electrons. The average Bonchev–Trinajstić information content (AvgIpc) is 2.31. The molecule has 1 aromatic carbocycles. The molecule has 0 N–H and O–H groups in total. The first-order valence-electron chi connectivity index (χ1n) is 5.94. The molecule has 0 bridgehead atoms. The maximum absolute atomic E-state index is 11.5. The van der Waals surface area contributed by atoms with Crippen molar-refractivity contribution in [1.82, 2.24) is 0 Å². The predicted octanol–water partition coefficient (Wildman–Crippen LogP) is 2.86. The van der Waals surface area contributed by atoms with Gasteiger partial charge in [0.25, 0.3) is 0 Å². The summed E-state index contributed by atoms with van der Waals surface area (Å²) in [7, 11) is 0. The predicted molar refractivity (Wildman–Crippen MR) is 63.7 cm³/mol. The van der Waals surface area contributed by atoms with Gasteiger partial charge < -0.3 is 4.74 Å². The molecule has 1 unspecified atom stereocenters. The smallest absolute Gasteiger partial charge is 0.160 e. The zero-order chi connectivity index (χ0) is 11.4. The Morgan fingerprint density at radius 2 is 2.25 bits per heavy atom. The van der Waals surface area contributed by atoms with Crippen LogP contribution in [0, 0.1) is 5.92 Å². The third kappa shape index (κ3) is 2.70. The van der Waals surface area contributed by atoms with Crippen LogP contribution in [0.1, 0.15) is 35.7 Å². The largest absolute Gasteiger partial charge is 0.381 e. The molecule has 1 aliphatic rings. The van der Waals surface area contributed by atoms with Gasteiger partial charge in [0.15, 0.2) is 5.78 Å². The molecule has 1 saturated heterocycles. The van der Waals surface area contributed by atoms with Crippen LogP contribution in [0.25, 0.3) is 0 Å². The van der Waals surface area contributed by atoms with E-state index in [9.17, 15) is 4.79 Å². The normalized spacial score (nSPS) is 20.7. The Hall–Kier alpha value is -1.15. The van der Waals surface area contributed by atoms with Gasteiger partial charge in [-0.3, -0.25) is 4.79 Å². The Morgan fingerprint density at radius 1 is 1.44 bits per heavy atom. The quantitative estimate of drug-likeness (QED) is 0.729. The topological polar surface area (TPSA) is 26.3 Å². The van der Waals surface area contributed by atoms with Crippen LogP contribution in [-0.2, 0) is 11.2 Å². The fraction of sp³-hybridized carbons (Fsp3) is 0.500. The van der Waals surface area contributed by atoms with Crippen molar-refractivity contribution in [3.63, 3.8) is 0 Å². The van der Waals surface area contributed by atoms with Crippen molar-refractivity contribution in [2.75, 3.05) is 13.2 Å². The van der Waals surface area contributed by atoms with E-state index in [1.54, 1.807) is 6.92 Å². The summed E-state index contributed by atoms with van der Waals surface area (Å²) in [4.78, 5) is 11.5. The lowest BCUT2D eigenvalue weighted by molar-refractivity contribution is 0.0549. The summed E-state index contributed by atoms with van der Waals surface area (Å²) < 4.78 is 5.47. The molecule has 0 aromatic heterocycles. The summed E-state index contributed by atoms with van der Waals surface area (Å²) in [6, 6.07) is 7.91. The third-order valence-corrected chi connectivity index (χ3v) is 3.16. The molecule has 0 saturated carbocycles. The molecule has 1 heterocycles. The van der Waals surface area contributed by atoms with Crippen molar-refractivity contribution < 1.29 is 9.53 Å². The highest BCUT2D eigenvalue weighted by molar-refractivity contribution is 5.95. The Bertz CT molecular complexity index is 365. The minimum Gasteiger partial charge on any atom is -0.381 e. The first-order chi connectivity index (χ1) is 7.77. The van der Waals surface area contributed by atoms with E-state index >= 15 is 0 Å². The molecule has 1 fully saturated rings. The van der Waals surface area contributed by atoms with Gasteiger partial charge in [-0.2, -0.15) is 0 Å². The second-order valence-electron chi connectivity index (χ2n) is 4.50. The molecule has 2 nitrogen and oxygen atoms in total. The monoisotopic (exact) mass is 218 g/mol. The standard InChI is InChI=1S/C14H18O2/c1-11(15)14-7-3-2-6-13(14)9-12-5-4-8-16-10-12/h2-3,6-7,12H,4-5,8-10H2,1H3. The molecular weight excluding hydrogens is 200 g/mol. The van der Waals surface area contributed by atoms with E-state index in [4.69, 9.17) is 4.74 Å². The third-order valence-electron chi connectivity index (χ3n) is 3.16. The van der Waals surface area contributed by atoms with Gasteiger partial charge in [0.05, 0.1) is 0 Å². The Balaban J connectivity index is 2.10. The van der Waals surface area contributed by atoms with Gasteiger partial charge in [-0.05, 0) is 37.7 Å². The molecule has 2 heteroatoms. The zero-order valence-electron chi connectivity index (χ0n) is 9.74. The van der Waals surface area contributed by atoms with Gasteiger partial charge in [0.1, 0.15) is 0 Å². The van der Waals surface area contributed by atoms with E-state index < -0.39 is 0 Å². The van der Waals surface area contributed by atoms with Crippen molar-refractivity contribution in [2.45, 2.75) is 26.2 Å². The fourth-order valence-corrected chi connectivity index (χ4v) is 2.32. The maximum atomic E-state index is 11.5. The lowest BCUT2D eigenvalue weighted by Crippen LogP contribution is -2.20. The summed E-state index contributed by atoms with van der Waals surface area (Å²) in [5.41, 5.74) is 2.04. The molecule has 1 aromatic rings. The molecular formula is C14H18O2. The lowest BCUT2D eigenvalue weighted by atomic mass is 9.91. The number of benzene rings is 1. The molecule has 0 aliphatic carbocycles. The highest BCUT2D eigenvalue weighted by atomic mass is 16.5. The van der Waals surface area contributed by atoms with Gasteiger partial charge in [-0.1, -0.05) is 24.3 Å². The molecule has 1 atom stereocenters. The van der Waals surface area contributed by atoms with Crippen LogP contribution in [0.5, 0.6) is 0 Å². The van der Waals surface area contributed by atoms with Crippen LogP contribution in [0.15, 0.2) is 24.3 Å². The van der Waals surface area contributed by atoms with Gasteiger partial charge in [-0.15, -0.1) is 0 Å². The maximum Gasteiger partial charge on any atom is 0.160 e. The molecule has 0 spiro atoms. The van der Waals surface area contributed by atoms with E-state index in [1.807, 2.05) is 18.2 Å². The van der Waals surface area contributed by atoms with Gasteiger partial charge in [0, 0.05) is 18.8 Å². The first-order valence-corrected chi connectivity index (χ1v) is 5.94. The highest BCUT2D eigenvalue weighted by Gasteiger charge is 2.16. The average molecular weight is 218 g/mol. The number of rotatable bonds is 3. The Morgan fingerprint density at radius 3 is 2.94 bits per heavy atom. The highest BCUT2D eigenvalue weighted by Crippen LogP contribution is 2.21. The number of hydrogen-bond donors (Lipinski definition) is 0. The van der Waals surface area contributed by atoms with E-state index in [2.05, 4.69) is 6.07 Å². The summed E-state index contributed by atoms with van der Waals surface area (Å²) in [5, 5.41) is 0. The fourth-order valence-electron chi connectivity index (χ4n) is 2.32. The van der Waals surface area contributed by atoms with Crippen LogP contribution in [0.3, 0.4) is 0 Å².